The number of nitrogens with one attached hydrogen (secondary N) is 2. The van der Waals surface area contributed by atoms with Crippen molar-refractivity contribution in [1.29, 1.82) is 0 Å². The number of thiophene rings is 1. The van der Waals surface area contributed by atoms with Crippen molar-refractivity contribution in [1.82, 2.24) is 14.9 Å². The maximum absolute atomic E-state index is 12.1. The Balaban J connectivity index is 0.00000182. The molecule has 8 heteroatoms. The van der Waals surface area contributed by atoms with Crippen LogP contribution in [0.15, 0.2) is 40.5 Å². The highest BCUT2D eigenvalue weighted by molar-refractivity contribution is 7.17. The molecule has 3 aromatic rings. The lowest BCUT2D eigenvalue weighted by molar-refractivity contribution is -0.124. The first-order valence-electron chi connectivity index (χ1n) is 7.67. The maximum Gasteiger partial charge on any atom is 0.269 e. The van der Waals surface area contributed by atoms with Crippen LogP contribution in [0, 0.1) is 5.92 Å². The minimum atomic E-state index is -0.128. The standard InChI is InChI=1S/C17H16N4O2S.ClH/c1-21-8-11(9-21)16(22)18-12-4-2-10(3-5-12)15-19-13-6-7-24-14(13)17(23)20-15;/h2-7,11H,8-9H2,1H3,(H,18,22)(H,19,20,23);1H. The second-order valence-electron chi connectivity index (χ2n) is 6.03. The lowest BCUT2D eigenvalue weighted by atomic mass is 10.0. The van der Waals surface area contributed by atoms with Crippen LogP contribution in [0.3, 0.4) is 0 Å². The van der Waals surface area contributed by atoms with E-state index in [1.54, 1.807) is 0 Å². The monoisotopic (exact) mass is 376 g/mol. The minimum absolute atomic E-state index is 0. The molecule has 2 N–H and O–H groups in total. The van der Waals surface area contributed by atoms with Gasteiger partial charge in [0, 0.05) is 24.3 Å². The van der Waals surface area contributed by atoms with Crippen LogP contribution in [0.2, 0.25) is 0 Å². The topological polar surface area (TPSA) is 78.1 Å². The van der Waals surface area contributed by atoms with Gasteiger partial charge in [-0.1, -0.05) is 0 Å². The van der Waals surface area contributed by atoms with Gasteiger partial charge in [-0.3, -0.25) is 9.59 Å². The predicted octanol–water partition coefficient (Wildman–Crippen LogP) is 2.57. The number of amides is 1. The van der Waals surface area contributed by atoms with Gasteiger partial charge in [0.2, 0.25) is 5.91 Å². The van der Waals surface area contributed by atoms with Gasteiger partial charge >= 0.3 is 0 Å². The summed E-state index contributed by atoms with van der Waals surface area (Å²) in [5.41, 5.74) is 2.13. The maximum atomic E-state index is 12.1. The molecule has 2 aromatic heterocycles. The summed E-state index contributed by atoms with van der Waals surface area (Å²) in [6, 6.07) is 9.18. The number of nitrogens with zero attached hydrogens (tertiary/aromatic N) is 2. The molecule has 0 aliphatic carbocycles. The molecule has 4 rings (SSSR count). The van der Waals surface area contributed by atoms with E-state index in [-0.39, 0.29) is 29.8 Å². The number of fused-ring (bicyclic) bond motifs is 1. The fourth-order valence-corrected chi connectivity index (χ4v) is 3.56. The molecular weight excluding hydrogens is 360 g/mol. The van der Waals surface area contributed by atoms with Crippen LogP contribution in [0.4, 0.5) is 5.69 Å². The van der Waals surface area contributed by atoms with Crippen molar-refractivity contribution in [2.45, 2.75) is 0 Å². The molecule has 0 bridgehead atoms. The van der Waals surface area contributed by atoms with E-state index in [2.05, 4.69) is 20.2 Å². The van der Waals surface area contributed by atoms with Crippen molar-refractivity contribution in [3.63, 3.8) is 0 Å². The van der Waals surface area contributed by atoms with E-state index in [4.69, 9.17) is 0 Å². The normalized spacial score (nSPS) is 14.8. The van der Waals surface area contributed by atoms with Crippen molar-refractivity contribution in [3.05, 3.63) is 46.1 Å². The third kappa shape index (κ3) is 3.44. The van der Waals surface area contributed by atoms with Crippen LogP contribution >= 0.6 is 23.7 Å². The number of likely N-dealkylation sites (tertiary alicyclic amines) is 1. The third-order valence-corrected chi connectivity index (χ3v) is 5.08. The third-order valence-electron chi connectivity index (χ3n) is 4.18. The van der Waals surface area contributed by atoms with Crippen LogP contribution in [0.5, 0.6) is 0 Å². The van der Waals surface area contributed by atoms with E-state index in [1.807, 2.05) is 42.8 Å². The van der Waals surface area contributed by atoms with Crippen LogP contribution in [-0.2, 0) is 4.79 Å². The first-order valence-corrected chi connectivity index (χ1v) is 8.55. The van der Waals surface area contributed by atoms with E-state index in [0.29, 0.717) is 16.0 Å². The Hall–Kier alpha value is -2.22. The summed E-state index contributed by atoms with van der Waals surface area (Å²) in [4.78, 5) is 33.5. The van der Waals surface area contributed by atoms with Gasteiger partial charge in [0.1, 0.15) is 10.5 Å². The average molecular weight is 377 g/mol. The molecule has 0 atom stereocenters. The highest BCUT2D eigenvalue weighted by Gasteiger charge is 2.29. The Bertz CT molecular complexity index is 961. The number of hydrogen-bond donors (Lipinski definition) is 2. The van der Waals surface area contributed by atoms with E-state index < -0.39 is 0 Å². The molecule has 1 aliphatic heterocycles. The number of aromatic nitrogens is 2. The van der Waals surface area contributed by atoms with Crippen molar-refractivity contribution < 1.29 is 4.79 Å². The van der Waals surface area contributed by atoms with Gasteiger partial charge in [-0.05, 0) is 42.8 Å². The summed E-state index contributed by atoms with van der Waals surface area (Å²) in [6.07, 6.45) is 0. The SMILES string of the molecule is CN1CC(C(=O)Nc2ccc(-c3nc4ccsc4c(=O)[nH]3)cc2)C1.Cl. The molecule has 0 saturated carbocycles. The summed E-state index contributed by atoms with van der Waals surface area (Å²) in [7, 11) is 2.00. The molecule has 1 aliphatic rings. The smallest absolute Gasteiger partial charge is 0.269 e. The van der Waals surface area contributed by atoms with Gasteiger partial charge in [-0.25, -0.2) is 4.98 Å². The van der Waals surface area contributed by atoms with Gasteiger partial charge in [0.25, 0.3) is 5.56 Å². The largest absolute Gasteiger partial charge is 0.326 e. The molecule has 130 valence electrons. The number of carbonyl (C=O) groups excluding carboxylic acids is 1. The number of benzene rings is 1. The van der Waals surface area contributed by atoms with E-state index >= 15 is 0 Å². The summed E-state index contributed by atoms with van der Waals surface area (Å²) in [5.74, 6) is 0.644. The van der Waals surface area contributed by atoms with Crippen molar-refractivity contribution in [3.8, 4) is 11.4 Å². The van der Waals surface area contributed by atoms with E-state index in [1.165, 1.54) is 11.3 Å². The molecule has 6 nitrogen and oxygen atoms in total. The van der Waals surface area contributed by atoms with E-state index in [9.17, 15) is 9.59 Å². The molecule has 0 spiro atoms. The van der Waals surface area contributed by atoms with Gasteiger partial charge < -0.3 is 15.2 Å². The molecular formula is C17H17ClN4O2S. The number of carbonyl (C=O) groups is 1. The van der Waals surface area contributed by atoms with Gasteiger partial charge in [0.05, 0.1) is 11.4 Å². The van der Waals surface area contributed by atoms with Crippen LogP contribution < -0.4 is 10.9 Å². The zero-order valence-electron chi connectivity index (χ0n) is 13.5. The molecule has 25 heavy (non-hydrogen) atoms. The Morgan fingerprint density at radius 1 is 1.28 bits per heavy atom. The molecule has 1 amide bonds. The average Bonchev–Trinajstić information content (AvgIpc) is 3.01. The molecule has 1 saturated heterocycles. The fourth-order valence-electron chi connectivity index (χ4n) is 2.83. The quantitative estimate of drug-likeness (QED) is 0.736. The molecule has 3 heterocycles. The Labute approximate surface area is 154 Å². The molecule has 0 unspecified atom stereocenters. The van der Waals surface area contributed by atoms with Crippen molar-refractivity contribution in [2.24, 2.45) is 5.92 Å². The summed E-state index contributed by atoms with van der Waals surface area (Å²) in [5, 5.41) is 4.78. The predicted molar refractivity (Wildman–Crippen MR) is 103 cm³/mol. The first kappa shape index (κ1) is 17.6. The second-order valence-corrected chi connectivity index (χ2v) is 6.95. The van der Waals surface area contributed by atoms with Crippen LogP contribution in [-0.4, -0.2) is 40.9 Å². The second kappa shape index (κ2) is 6.95. The van der Waals surface area contributed by atoms with Crippen molar-refractivity contribution >= 4 is 45.6 Å². The Morgan fingerprint density at radius 3 is 2.68 bits per heavy atom. The summed E-state index contributed by atoms with van der Waals surface area (Å²) in [6.45, 7) is 1.60. The minimum Gasteiger partial charge on any atom is -0.326 e. The van der Waals surface area contributed by atoms with Crippen molar-refractivity contribution in [2.75, 3.05) is 25.5 Å². The zero-order valence-corrected chi connectivity index (χ0v) is 15.1. The van der Waals surface area contributed by atoms with E-state index in [0.717, 1.165) is 24.3 Å². The Kier molecular flexibility index (Phi) is 4.89. The van der Waals surface area contributed by atoms with Gasteiger partial charge in [-0.2, -0.15) is 0 Å². The lowest BCUT2D eigenvalue weighted by Crippen LogP contribution is -2.49. The first-order chi connectivity index (χ1) is 11.6. The zero-order chi connectivity index (χ0) is 16.7. The number of halogens is 1. The number of aromatic amines is 1. The number of H-pyrrole nitrogens is 1. The fraction of sp³-hybridized carbons (Fsp3) is 0.235. The summed E-state index contributed by atoms with van der Waals surface area (Å²) < 4.78 is 0.632. The number of hydrogen-bond acceptors (Lipinski definition) is 5. The highest BCUT2D eigenvalue weighted by atomic mass is 35.5. The van der Waals surface area contributed by atoms with Crippen LogP contribution in [0.25, 0.3) is 21.6 Å². The number of rotatable bonds is 3. The molecule has 1 aromatic carbocycles. The van der Waals surface area contributed by atoms with Crippen LogP contribution in [0.1, 0.15) is 0 Å². The highest BCUT2D eigenvalue weighted by Crippen LogP contribution is 2.22. The number of anilines is 1. The Morgan fingerprint density at radius 2 is 2.00 bits per heavy atom. The summed E-state index contributed by atoms with van der Waals surface area (Å²) >= 11 is 1.38. The molecule has 1 fully saturated rings. The lowest BCUT2D eigenvalue weighted by Gasteiger charge is -2.34. The molecule has 0 radical (unpaired) electrons. The van der Waals surface area contributed by atoms with Gasteiger partial charge in [0.15, 0.2) is 0 Å². The van der Waals surface area contributed by atoms with Gasteiger partial charge in [-0.15, -0.1) is 23.7 Å².